The van der Waals surface area contributed by atoms with E-state index < -0.39 is 12.0 Å². The Kier molecular flexibility index (Phi) is 5.73. The normalized spacial score (nSPS) is 23.5. The highest BCUT2D eigenvalue weighted by atomic mass is 16.5. The van der Waals surface area contributed by atoms with Gasteiger partial charge in [0.25, 0.3) is 0 Å². The molecule has 0 aromatic heterocycles. The van der Waals surface area contributed by atoms with E-state index in [-0.39, 0.29) is 6.61 Å². The third-order valence-corrected chi connectivity index (χ3v) is 3.10. The Morgan fingerprint density at radius 2 is 2.44 bits per heavy atom. The molecule has 0 aromatic rings. The van der Waals surface area contributed by atoms with Crippen LogP contribution in [0.2, 0.25) is 0 Å². The summed E-state index contributed by atoms with van der Waals surface area (Å²) in [6, 6.07) is -0.583. The molecule has 1 rings (SSSR count). The minimum atomic E-state index is -0.841. The molecule has 1 saturated heterocycles. The Hall–Kier alpha value is -0.650. The molecule has 0 amide bonds. The minimum absolute atomic E-state index is 0.222. The van der Waals surface area contributed by atoms with E-state index >= 15 is 0 Å². The van der Waals surface area contributed by atoms with Gasteiger partial charge in [-0.2, -0.15) is 0 Å². The van der Waals surface area contributed by atoms with Crippen molar-refractivity contribution in [3.8, 4) is 0 Å². The van der Waals surface area contributed by atoms with Crippen LogP contribution >= 0.6 is 0 Å². The molecule has 5 nitrogen and oxygen atoms in total. The monoisotopic (exact) mass is 230 g/mol. The van der Waals surface area contributed by atoms with E-state index in [1.54, 1.807) is 0 Å². The highest BCUT2D eigenvalue weighted by molar-refractivity contribution is 5.73. The SMILES string of the molecule is CCN1CCC(CNC(COC)C(=O)O)C1. The van der Waals surface area contributed by atoms with Gasteiger partial charge >= 0.3 is 5.97 Å². The Morgan fingerprint density at radius 3 is 2.94 bits per heavy atom. The number of aliphatic carboxylic acids is 1. The lowest BCUT2D eigenvalue weighted by Crippen LogP contribution is -2.43. The molecule has 0 saturated carbocycles. The standard InChI is InChI=1S/C11H22N2O3/c1-3-13-5-4-9(7-13)6-12-10(8-16-2)11(14)15/h9-10,12H,3-8H2,1-2H3,(H,14,15). The van der Waals surface area contributed by atoms with Gasteiger partial charge in [0.05, 0.1) is 6.61 Å². The molecule has 2 unspecified atom stereocenters. The smallest absolute Gasteiger partial charge is 0.323 e. The van der Waals surface area contributed by atoms with Crippen LogP contribution in [0, 0.1) is 5.92 Å². The van der Waals surface area contributed by atoms with Crippen LogP contribution in [0.4, 0.5) is 0 Å². The van der Waals surface area contributed by atoms with E-state index in [2.05, 4.69) is 17.1 Å². The molecule has 0 radical (unpaired) electrons. The van der Waals surface area contributed by atoms with Crippen LogP contribution < -0.4 is 5.32 Å². The highest BCUT2D eigenvalue weighted by Crippen LogP contribution is 2.14. The summed E-state index contributed by atoms with van der Waals surface area (Å²) in [6.45, 7) is 6.42. The van der Waals surface area contributed by atoms with Gasteiger partial charge < -0.3 is 20.1 Å². The van der Waals surface area contributed by atoms with Crippen molar-refractivity contribution in [3.05, 3.63) is 0 Å². The van der Waals surface area contributed by atoms with Crippen LogP contribution in [0.15, 0.2) is 0 Å². The lowest BCUT2D eigenvalue weighted by atomic mass is 10.1. The maximum atomic E-state index is 10.9. The Balaban J connectivity index is 2.24. The van der Waals surface area contributed by atoms with Crippen molar-refractivity contribution in [2.75, 3.05) is 39.9 Å². The molecule has 94 valence electrons. The minimum Gasteiger partial charge on any atom is -0.480 e. The first kappa shape index (κ1) is 13.4. The summed E-state index contributed by atoms with van der Waals surface area (Å²) in [5.74, 6) is -0.272. The van der Waals surface area contributed by atoms with E-state index in [4.69, 9.17) is 9.84 Å². The molecular formula is C11H22N2O3. The number of hydrogen-bond acceptors (Lipinski definition) is 4. The molecule has 0 bridgehead atoms. The summed E-state index contributed by atoms with van der Waals surface area (Å²) in [5.41, 5.74) is 0. The van der Waals surface area contributed by atoms with Crippen LogP contribution in [-0.4, -0.2) is 61.9 Å². The molecule has 1 aliphatic rings. The number of hydrogen-bond donors (Lipinski definition) is 2. The zero-order valence-corrected chi connectivity index (χ0v) is 10.1. The van der Waals surface area contributed by atoms with Crippen molar-refractivity contribution in [1.29, 1.82) is 0 Å². The molecule has 16 heavy (non-hydrogen) atoms. The molecule has 2 atom stereocenters. The summed E-state index contributed by atoms with van der Waals surface area (Å²) < 4.78 is 4.87. The van der Waals surface area contributed by atoms with Gasteiger partial charge in [0.1, 0.15) is 6.04 Å². The second-order valence-electron chi connectivity index (χ2n) is 4.30. The van der Waals surface area contributed by atoms with Crippen LogP contribution in [-0.2, 0) is 9.53 Å². The topological polar surface area (TPSA) is 61.8 Å². The number of ether oxygens (including phenoxy) is 1. The van der Waals surface area contributed by atoms with Crippen molar-refractivity contribution in [3.63, 3.8) is 0 Å². The molecule has 0 aromatic carbocycles. The predicted molar refractivity (Wildman–Crippen MR) is 61.5 cm³/mol. The second kappa shape index (κ2) is 6.83. The molecular weight excluding hydrogens is 208 g/mol. The summed E-state index contributed by atoms with van der Waals surface area (Å²) in [4.78, 5) is 13.2. The van der Waals surface area contributed by atoms with Gasteiger partial charge in [0.15, 0.2) is 0 Å². The predicted octanol–water partition coefficient (Wildman–Crippen LogP) is 0.0174. The number of carbonyl (C=O) groups is 1. The van der Waals surface area contributed by atoms with E-state index in [0.29, 0.717) is 5.92 Å². The van der Waals surface area contributed by atoms with Gasteiger partial charge in [-0.1, -0.05) is 6.92 Å². The first-order valence-electron chi connectivity index (χ1n) is 5.84. The zero-order valence-electron chi connectivity index (χ0n) is 10.1. The van der Waals surface area contributed by atoms with Gasteiger partial charge in [-0.05, 0) is 25.4 Å². The van der Waals surface area contributed by atoms with E-state index in [9.17, 15) is 4.79 Å². The van der Waals surface area contributed by atoms with Crippen LogP contribution in [0.5, 0.6) is 0 Å². The van der Waals surface area contributed by atoms with E-state index in [1.807, 2.05) is 0 Å². The fourth-order valence-corrected chi connectivity index (χ4v) is 2.06. The maximum Gasteiger partial charge on any atom is 0.323 e. The lowest BCUT2D eigenvalue weighted by Gasteiger charge is -2.17. The fraction of sp³-hybridized carbons (Fsp3) is 0.909. The maximum absolute atomic E-state index is 10.9. The van der Waals surface area contributed by atoms with Crippen molar-refractivity contribution in [2.45, 2.75) is 19.4 Å². The second-order valence-corrected chi connectivity index (χ2v) is 4.30. The summed E-state index contributed by atoms with van der Waals surface area (Å²) in [6.07, 6.45) is 1.15. The van der Waals surface area contributed by atoms with Gasteiger partial charge in [0, 0.05) is 20.2 Å². The number of nitrogens with zero attached hydrogens (tertiary/aromatic N) is 1. The molecule has 1 fully saturated rings. The van der Waals surface area contributed by atoms with Gasteiger partial charge in [0.2, 0.25) is 0 Å². The zero-order chi connectivity index (χ0) is 12.0. The quantitative estimate of drug-likeness (QED) is 0.645. The largest absolute Gasteiger partial charge is 0.480 e. The van der Waals surface area contributed by atoms with Crippen molar-refractivity contribution < 1.29 is 14.6 Å². The number of likely N-dealkylation sites (tertiary alicyclic amines) is 1. The average Bonchev–Trinajstić information content (AvgIpc) is 2.71. The third kappa shape index (κ3) is 4.08. The Morgan fingerprint density at radius 1 is 1.69 bits per heavy atom. The van der Waals surface area contributed by atoms with Crippen LogP contribution in [0.3, 0.4) is 0 Å². The van der Waals surface area contributed by atoms with Crippen molar-refractivity contribution in [2.24, 2.45) is 5.92 Å². The summed E-state index contributed by atoms with van der Waals surface area (Å²) in [7, 11) is 1.52. The molecule has 2 N–H and O–H groups in total. The van der Waals surface area contributed by atoms with E-state index in [1.165, 1.54) is 7.11 Å². The lowest BCUT2D eigenvalue weighted by molar-refractivity contribution is -0.140. The highest BCUT2D eigenvalue weighted by Gasteiger charge is 2.23. The molecule has 0 aliphatic carbocycles. The first-order chi connectivity index (χ1) is 7.67. The van der Waals surface area contributed by atoms with Crippen LogP contribution in [0.25, 0.3) is 0 Å². The molecule has 1 aliphatic heterocycles. The first-order valence-corrected chi connectivity index (χ1v) is 5.84. The van der Waals surface area contributed by atoms with E-state index in [0.717, 1.165) is 32.6 Å². The van der Waals surface area contributed by atoms with Crippen molar-refractivity contribution >= 4 is 5.97 Å². The number of carboxylic acid groups (broad SMARTS) is 1. The average molecular weight is 230 g/mol. The number of nitrogens with one attached hydrogen (secondary N) is 1. The summed E-state index contributed by atoms with van der Waals surface area (Å²) in [5, 5.41) is 12.0. The fourth-order valence-electron chi connectivity index (χ4n) is 2.06. The van der Waals surface area contributed by atoms with Gasteiger partial charge in [-0.25, -0.2) is 0 Å². The number of methoxy groups -OCH3 is 1. The Labute approximate surface area is 96.8 Å². The van der Waals surface area contributed by atoms with Crippen LogP contribution in [0.1, 0.15) is 13.3 Å². The van der Waals surface area contributed by atoms with Crippen molar-refractivity contribution in [1.82, 2.24) is 10.2 Å². The Bertz CT molecular complexity index is 223. The number of rotatable bonds is 7. The molecule has 0 spiro atoms. The number of carboxylic acids is 1. The van der Waals surface area contributed by atoms with Gasteiger partial charge in [-0.3, -0.25) is 4.79 Å². The molecule has 1 heterocycles. The summed E-state index contributed by atoms with van der Waals surface area (Å²) >= 11 is 0. The van der Waals surface area contributed by atoms with Gasteiger partial charge in [-0.15, -0.1) is 0 Å². The third-order valence-electron chi connectivity index (χ3n) is 3.10. The molecule has 5 heteroatoms.